The van der Waals surface area contributed by atoms with E-state index in [0.29, 0.717) is 5.92 Å². The van der Waals surface area contributed by atoms with Gasteiger partial charge in [0.15, 0.2) is 0 Å². The summed E-state index contributed by atoms with van der Waals surface area (Å²) in [5.41, 5.74) is 6.92. The highest BCUT2D eigenvalue weighted by Gasteiger charge is 2.17. The van der Waals surface area contributed by atoms with Gasteiger partial charge in [0, 0.05) is 124 Å². The van der Waals surface area contributed by atoms with Crippen molar-refractivity contribution in [2.45, 2.75) is 59.8 Å². The maximum atomic E-state index is 11.2. The average molecular weight is 634 g/mol. The molecule has 4 aromatic rings. The van der Waals surface area contributed by atoms with Crippen LogP contribution in [0.5, 0.6) is 0 Å². The highest BCUT2D eigenvalue weighted by molar-refractivity contribution is 7.81. The second-order valence-corrected chi connectivity index (χ2v) is 11.9. The zero-order valence-corrected chi connectivity index (χ0v) is 28.4. The van der Waals surface area contributed by atoms with E-state index >= 15 is 0 Å². The largest absolute Gasteiger partial charge is 0.385 e. The number of hydrogen-bond acceptors (Lipinski definition) is 4. The molecular weight excluding hydrogens is 592 g/mol. The standard InChI is InChI=1S/C18H18N2O.C18H20N2.CH4.B7/c1-12(18-7-4-10-19-18)16-6-3-5-14-8-9-15(11-17(14)16)20-13(2)21;1-3-19-15-10-9-14-6-4-7-16(17(14)12-15)13(2)18-8-5-11-20-18;;1-5-7(4)6(2)3/h3,5-12H,4H2,1-2H3,(H,20,21);4,6-13,19H,3,5H2,1-2H3;1H4;. The van der Waals surface area contributed by atoms with Crippen LogP contribution in [-0.2, 0) is 4.79 Å². The van der Waals surface area contributed by atoms with Gasteiger partial charge in [-0.05, 0) is 63.9 Å². The van der Waals surface area contributed by atoms with Gasteiger partial charge in [0.1, 0.15) is 0 Å². The van der Waals surface area contributed by atoms with Crippen molar-refractivity contribution in [3.8, 4) is 0 Å². The lowest BCUT2D eigenvalue weighted by molar-refractivity contribution is -0.114. The molecule has 2 unspecified atom stereocenters. The summed E-state index contributed by atoms with van der Waals surface area (Å²) >= 11 is 0. The number of rotatable bonds is 9. The number of aliphatic imine (C=N–C) groups is 2. The van der Waals surface area contributed by atoms with Crippen molar-refractivity contribution in [3.63, 3.8) is 0 Å². The first-order valence-corrected chi connectivity index (χ1v) is 16.5. The van der Waals surface area contributed by atoms with E-state index in [-0.39, 0.29) is 25.6 Å². The molecule has 2 aliphatic heterocycles. The molecule has 0 spiro atoms. The van der Waals surface area contributed by atoms with Crippen molar-refractivity contribution in [3.05, 3.63) is 107 Å². The Labute approximate surface area is 300 Å². The molecular formula is C37H42B7N4O. The maximum absolute atomic E-state index is 11.2. The molecule has 0 saturated carbocycles. The number of allylic oxidation sites excluding steroid dienone is 4. The van der Waals surface area contributed by atoms with Crippen molar-refractivity contribution in [1.29, 1.82) is 0 Å². The van der Waals surface area contributed by atoms with Crippen molar-refractivity contribution in [1.82, 2.24) is 0 Å². The van der Waals surface area contributed by atoms with Gasteiger partial charge in [0.05, 0.1) is 0 Å². The SMILES string of the molecule is C.CC(=O)Nc1ccc2cccc(C(C)C3=CCC=N3)c2c1.CCNc1ccc2cccc(C(C)C3=CCC=N3)c2c1.[B][B]B([B])B([B])[B]. The van der Waals surface area contributed by atoms with Crippen molar-refractivity contribution in [2.24, 2.45) is 9.98 Å². The van der Waals surface area contributed by atoms with Gasteiger partial charge in [-0.15, -0.1) is 0 Å². The fourth-order valence-corrected chi connectivity index (χ4v) is 5.74. The van der Waals surface area contributed by atoms with Crippen molar-refractivity contribution >= 4 is 102 Å². The highest BCUT2D eigenvalue weighted by atomic mass is 16.1. The molecule has 4 aromatic carbocycles. The van der Waals surface area contributed by atoms with E-state index in [0.717, 1.165) is 30.8 Å². The fourth-order valence-electron chi connectivity index (χ4n) is 5.74. The van der Waals surface area contributed by atoms with Crippen LogP contribution >= 0.6 is 0 Å². The zero-order valence-electron chi connectivity index (χ0n) is 28.4. The van der Waals surface area contributed by atoms with Gasteiger partial charge in [0.2, 0.25) is 5.91 Å². The molecule has 5 nitrogen and oxygen atoms in total. The number of anilines is 2. The smallest absolute Gasteiger partial charge is 0.221 e. The Bertz CT molecular complexity index is 1840. The predicted molar refractivity (Wildman–Crippen MR) is 223 cm³/mol. The maximum Gasteiger partial charge on any atom is 0.221 e. The van der Waals surface area contributed by atoms with Crippen LogP contribution in [0.2, 0.25) is 0 Å². The third kappa shape index (κ3) is 10.7. The zero-order chi connectivity index (χ0) is 34.6. The summed E-state index contributed by atoms with van der Waals surface area (Å²) < 4.78 is 0. The molecule has 0 bridgehead atoms. The van der Waals surface area contributed by atoms with Gasteiger partial charge in [0.25, 0.3) is 0 Å². The normalized spacial score (nSPS) is 13.8. The van der Waals surface area contributed by atoms with E-state index in [1.807, 2.05) is 30.6 Å². The Balaban J connectivity index is 0.000000220. The topological polar surface area (TPSA) is 65.8 Å². The fraction of sp³-hybridized carbons (Fsp3) is 0.270. The molecule has 2 aliphatic rings. The molecule has 237 valence electrons. The molecule has 12 heteroatoms. The first kappa shape index (κ1) is 39.4. The molecule has 0 aromatic heterocycles. The quantitative estimate of drug-likeness (QED) is 0.196. The molecule has 2 atom stereocenters. The van der Waals surface area contributed by atoms with E-state index in [1.165, 1.54) is 58.0 Å². The number of carbonyl (C=O) groups excluding carboxylic acids is 1. The minimum Gasteiger partial charge on any atom is -0.385 e. The van der Waals surface area contributed by atoms with Gasteiger partial charge in [-0.3, -0.25) is 14.8 Å². The number of carbonyl (C=O) groups is 1. The summed E-state index contributed by atoms with van der Waals surface area (Å²) in [6.45, 7) is 9.00. The van der Waals surface area contributed by atoms with Gasteiger partial charge >= 0.3 is 0 Å². The summed E-state index contributed by atoms with van der Waals surface area (Å²) in [7, 11) is 21.6. The molecule has 49 heavy (non-hydrogen) atoms. The Morgan fingerprint density at radius 1 is 0.816 bits per heavy atom. The number of nitrogens with one attached hydrogen (secondary N) is 2. The summed E-state index contributed by atoms with van der Waals surface area (Å²) in [4.78, 5) is 20.2. The molecule has 0 aliphatic carbocycles. The molecule has 6 rings (SSSR count). The lowest BCUT2D eigenvalue weighted by Gasteiger charge is -2.15. The number of fused-ring (bicyclic) bond motifs is 2. The molecule has 9 radical (unpaired) electrons. The second kappa shape index (κ2) is 19.2. The van der Waals surface area contributed by atoms with Crippen LogP contribution < -0.4 is 10.6 Å². The average Bonchev–Trinajstić information content (AvgIpc) is 3.83. The van der Waals surface area contributed by atoms with Crippen LogP contribution in [0.15, 0.2) is 106 Å². The Hall–Kier alpha value is -4.06. The van der Waals surface area contributed by atoms with Crippen molar-refractivity contribution in [2.75, 3.05) is 17.2 Å². The van der Waals surface area contributed by atoms with E-state index in [4.69, 9.17) is 30.9 Å². The summed E-state index contributed by atoms with van der Waals surface area (Å²) in [5.74, 6) is 0.539. The van der Waals surface area contributed by atoms with Crippen LogP contribution in [0, 0.1) is 0 Å². The van der Waals surface area contributed by atoms with Crippen molar-refractivity contribution < 1.29 is 4.79 Å². The minimum absolute atomic E-state index is 0. The monoisotopic (exact) mass is 635 g/mol. The number of hydrogen-bond donors (Lipinski definition) is 2. The van der Waals surface area contributed by atoms with Crippen LogP contribution in [-0.4, -0.2) is 75.7 Å². The Morgan fingerprint density at radius 2 is 1.31 bits per heavy atom. The minimum atomic E-state index is -0.537. The van der Waals surface area contributed by atoms with Gasteiger partial charge in [-0.2, -0.15) is 0 Å². The third-order valence-corrected chi connectivity index (χ3v) is 8.37. The summed E-state index contributed by atoms with van der Waals surface area (Å²) in [6.07, 6.45) is 9.28. The van der Waals surface area contributed by atoms with E-state index in [1.54, 1.807) is 0 Å². The third-order valence-electron chi connectivity index (χ3n) is 8.37. The van der Waals surface area contributed by atoms with Gasteiger partial charge in [-0.25, -0.2) is 0 Å². The lowest BCUT2D eigenvalue weighted by Crippen LogP contribution is -2.43. The molecule has 1 amide bonds. The van der Waals surface area contributed by atoms with Crippen LogP contribution in [0.25, 0.3) is 21.5 Å². The summed E-state index contributed by atoms with van der Waals surface area (Å²) in [5, 5.41) is 11.2. The molecule has 2 N–H and O–H groups in total. The highest BCUT2D eigenvalue weighted by Crippen LogP contribution is 2.35. The Morgan fingerprint density at radius 3 is 1.69 bits per heavy atom. The molecule has 0 saturated heterocycles. The van der Waals surface area contributed by atoms with Gasteiger partial charge < -0.3 is 10.6 Å². The molecule has 2 heterocycles. The predicted octanol–water partition coefficient (Wildman–Crippen LogP) is 6.96. The van der Waals surface area contributed by atoms with Crippen LogP contribution in [0.4, 0.5) is 11.4 Å². The summed E-state index contributed by atoms with van der Waals surface area (Å²) in [6, 6.07) is 25.5. The second-order valence-electron chi connectivity index (χ2n) is 11.9. The Kier molecular flexibility index (Phi) is 15.4. The van der Waals surface area contributed by atoms with Crippen LogP contribution in [0.1, 0.15) is 70.9 Å². The first-order chi connectivity index (χ1) is 23.1. The number of benzene rings is 4. The number of amides is 1. The van der Waals surface area contributed by atoms with E-state index < -0.39 is 6.39 Å². The first-order valence-electron chi connectivity index (χ1n) is 16.5. The van der Waals surface area contributed by atoms with E-state index in [2.05, 4.69) is 108 Å². The van der Waals surface area contributed by atoms with E-state index in [9.17, 15) is 4.79 Å². The molecule has 0 fully saturated rings. The van der Waals surface area contributed by atoms with Crippen LogP contribution in [0.3, 0.4) is 0 Å². The lowest BCUT2D eigenvalue weighted by atomic mass is 8.76. The van der Waals surface area contributed by atoms with Gasteiger partial charge in [-0.1, -0.05) is 82.0 Å². The number of nitrogens with zero attached hydrogens (tertiary/aromatic N) is 2.